The van der Waals surface area contributed by atoms with Gasteiger partial charge in [0, 0.05) is 0 Å². The molecule has 0 heterocycles. The van der Waals surface area contributed by atoms with E-state index in [1.54, 1.807) is 0 Å². The minimum Gasteiger partial charge on any atom is -0.462 e. The van der Waals surface area contributed by atoms with Gasteiger partial charge in [-0.2, -0.15) is 0 Å². The minimum absolute atomic E-state index is 0.0618. The van der Waals surface area contributed by atoms with E-state index in [-0.39, 0.29) is 22.8 Å². The number of benzene rings is 2. The van der Waals surface area contributed by atoms with Crippen molar-refractivity contribution in [1.29, 1.82) is 0 Å². The summed E-state index contributed by atoms with van der Waals surface area (Å²) < 4.78 is 11.2. The first-order valence-electron chi connectivity index (χ1n) is 12.5. The van der Waals surface area contributed by atoms with E-state index in [1.165, 1.54) is 11.1 Å². The summed E-state index contributed by atoms with van der Waals surface area (Å²) in [7, 11) is 0. The molecule has 1 aliphatic rings. The van der Waals surface area contributed by atoms with Crippen molar-refractivity contribution in [3.8, 4) is 0 Å². The van der Waals surface area contributed by atoms with Gasteiger partial charge in [-0.15, -0.1) is 0 Å². The zero-order valence-electron chi connectivity index (χ0n) is 21.6. The van der Waals surface area contributed by atoms with Gasteiger partial charge in [0.1, 0.15) is 0 Å². The Bertz CT molecular complexity index is 869. The number of carbonyl (C=O) groups excluding carboxylic acids is 2. The lowest BCUT2D eigenvalue weighted by Gasteiger charge is -2.28. The fourth-order valence-electron chi connectivity index (χ4n) is 4.33. The number of rotatable bonds is 6. The molecule has 4 nitrogen and oxygen atoms in total. The SMILES string of the molecule is CC(C)(C)c1ccc(C(=O)OCC2CCC(COC(=O)c3ccc(C(C)(C)C)cc3)CC2)cc1. The van der Waals surface area contributed by atoms with E-state index in [0.717, 1.165) is 25.7 Å². The molecule has 1 saturated carbocycles. The number of ether oxygens (including phenoxy) is 2. The first kappa shape index (κ1) is 26.0. The van der Waals surface area contributed by atoms with Gasteiger partial charge in [-0.3, -0.25) is 0 Å². The highest BCUT2D eigenvalue weighted by Crippen LogP contribution is 2.30. The largest absolute Gasteiger partial charge is 0.462 e. The number of esters is 2. The van der Waals surface area contributed by atoms with Gasteiger partial charge in [0.2, 0.25) is 0 Å². The lowest BCUT2D eigenvalue weighted by atomic mass is 9.83. The van der Waals surface area contributed by atoms with E-state index in [4.69, 9.17) is 9.47 Å². The molecule has 0 saturated heterocycles. The maximum Gasteiger partial charge on any atom is 0.338 e. The molecule has 0 aliphatic heterocycles. The summed E-state index contributed by atoms with van der Waals surface area (Å²) in [6.45, 7) is 13.8. The van der Waals surface area contributed by atoms with Crippen LogP contribution in [0, 0.1) is 11.8 Å². The van der Waals surface area contributed by atoms with Gasteiger partial charge in [-0.05, 0) is 83.7 Å². The van der Waals surface area contributed by atoms with Crippen LogP contribution in [-0.2, 0) is 20.3 Å². The maximum absolute atomic E-state index is 12.4. The molecule has 0 atom stereocenters. The molecule has 1 fully saturated rings. The van der Waals surface area contributed by atoms with Crippen molar-refractivity contribution in [1.82, 2.24) is 0 Å². The first-order valence-corrected chi connectivity index (χ1v) is 12.5. The number of hydrogen-bond donors (Lipinski definition) is 0. The Hall–Kier alpha value is -2.62. The predicted molar refractivity (Wildman–Crippen MR) is 136 cm³/mol. The molecular formula is C30H40O4. The van der Waals surface area contributed by atoms with Gasteiger partial charge in [0.25, 0.3) is 0 Å². The molecule has 0 unspecified atom stereocenters. The van der Waals surface area contributed by atoms with Gasteiger partial charge in [-0.25, -0.2) is 9.59 Å². The molecule has 0 aromatic heterocycles. The van der Waals surface area contributed by atoms with Crippen LogP contribution in [0.1, 0.15) is 99.1 Å². The normalized spacial score (nSPS) is 18.9. The van der Waals surface area contributed by atoms with E-state index in [9.17, 15) is 9.59 Å². The lowest BCUT2D eigenvalue weighted by molar-refractivity contribution is 0.0297. The summed E-state index contributed by atoms with van der Waals surface area (Å²) in [6, 6.07) is 15.4. The fraction of sp³-hybridized carbons (Fsp3) is 0.533. The molecule has 0 radical (unpaired) electrons. The monoisotopic (exact) mass is 464 g/mol. The first-order chi connectivity index (χ1) is 15.9. The van der Waals surface area contributed by atoms with Crippen molar-refractivity contribution in [2.24, 2.45) is 11.8 Å². The van der Waals surface area contributed by atoms with Crippen LogP contribution in [0.5, 0.6) is 0 Å². The van der Waals surface area contributed by atoms with Crippen LogP contribution in [0.2, 0.25) is 0 Å². The van der Waals surface area contributed by atoms with Crippen molar-refractivity contribution >= 4 is 11.9 Å². The molecule has 0 bridgehead atoms. The standard InChI is InChI=1S/C30H40O4/c1-29(2,3)25-15-11-23(12-16-25)27(31)33-19-21-7-9-22(10-8-21)20-34-28(32)24-13-17-26(18-14-24)30(4,5)6/h11-18,21-22H,7-10,19-20H2,1-6H3. The predicted octanol–water partition coefficient (Wildman–Crippen LogP) is 7.10. The van der Waals surface area contributed by atoms with Crippen LogP contribution in [0.15, 0.2) is 48.5 Å². The van der Waals surface area contributed by atoms with Crippen molar-refractivity contribution in [2.45, 2.75) is 78.1 Å². The average Bonchev–Trinajstić information content (AvgIpc) is 2.80. The third-order valence-electron chi connectivity index (χ3n) is 6.84. The quantitative estimate of drug-likeness (QED) is 0.428. The van der Waals surface area contributed by atoms with E-state index in [0.29, 0.717) is 36.2 Å². The van der Waals surface area contributed by atoms with Crippen LogP contribution < -0.4 is 0 Å². The van der Waals surface area contributed by atoms with Crippen molar-refractivity contribution < 1.29 is 19.1 Å². The summed E-state index contributed by atoms with van der Waals surface area (Å²) in [5, 5.41) is 0. The molecular weight excluding hydrogens is 424 g/mol. The summed E-state index contributed by atoms with van der Waals surface area (Å²) in [5.74, 6) is 0.229. The molecule has 4 heteroatoms. The van der Waals surface area contributed by atoms with Crippen LogP contribution in [0.4, 0.5) is 0 Å². The molecule has 34 heavy (non-hydrogen) atoms. The Kier molecular flexibility index (Phi) is 8.22. The second-order valence-corrected chi connectivity index (χ2v) is 11.7. The fourth-order valence-corrected chi connectivity index (χ4v) is 4.33. The zero-order chi connectivity index (χ0) is 24.9. The van der Waals surface area contributed by atoms with Crippen molar-refractivity contribution in [3.05, 3.63) is 70.8 Å². The summed E-state index contributed by atoms with van der Waals surface area (Å²) >= 11 is 0. The average molecular weight is 465 g/mol. The van der Waals surface area contributed by atoms with Gasteiger partial charge in [-0.1, -0.05) is 65.8 Å². The highest BCUT2D eigenvalue weighted by Gasteiger charge is 2.24. The van der Waals surface area contributed by atoms with Crippen LogP contribution >= 0.6 is 0 Å². The highest BCUT2D eigenvalue weighted by molar-refractivity contribution is 5.89. The van der Waals surface area contributed by atoms with Crippen molar-refractivity contribution in [2.75, 3.05) is 13.2 Å². The summed E-state index contributed by atoms with van der Waals surface area (Å²) in [5.41, 5.74) is 3.72. The van der Waals surface area contributed by atoms with Gasteiger partial charge in [0.05, 0.1) is 24.3 Å². The molecule has 0 N–H and O–H groups in total. The number of hydrogen-bond acceptors (Lipinski definition) is 4. The summed E-state index contributed by atoms with van der Waals surface area (Å²) in [4.78, 5) is 24.8. The van der Waals surface area contributed by atoms with Crippen molar-refractivity contribution in [3.63, 3.8) is 0 Å². The summed E-state index contributed by atoms with van der Waals surface area (Å²) in [6.07, 6.45) is 3.94. The highest BCUT2D eigenvalue weighted by atomic mass is 16.5. The van der Waals surface area contributed by atoms with Crippen LogP contribution in [0.3, 0.4) is 0 Å². The van der Waals surface area contributed by atoms with E-state index >= 15 is 0 Å². The Morgan fingerprint density at radius 1 is 0.618 bits per heavy atom. The number of carbonyl (C=O) groups is 2. The second-order valence-electron chi connectivity index (χ2n) is 11.7. The van der Waals surface area contributed by atoms with Gasteiger partial charge in [0.15, 0.2) is 0 Å². The Balaban J connectivity index is 1.38. The maximum atomic E-state index is 12.4. The van der Waals surface area contributed by atoms with Crippen LogP contribution in [-0.4, -0.2) is 25.2 Å². The molecule has 3 rings (SSSR count). The van der Waals surface area contributed by atoms with E-state index < -0.39 is 0 Å². The Morgan fingerprint density at radius 2 is 0.912 bits per heavy atom. The topological polar surface area (TPSA) is 52.6 Å². The lowest BCUT2D eigenvalue weighted by Crippen LogP contribution is -2.24. The molecule has 2 aromatic carbocycles. The van der Waals surface area contributed by atoms with E-state index in [1.807, 2.05) is 48.5 Å². The molecule has 2 aromatic rings. The molecule has 0 amide bonds. The van der Waals surface area contributed by atoms with Gasteiger partial charge >= 0.3 is 11.9 Å². The smallest absolute Gasteiger partial charge is 0.338 e. The third-order valence-corrected chi connectivity index (χ3v) is 6.84. The van der Waals surface area contributed by atoms with Gasteiger partial charge < -0.3 is 9.47 Å². The Labute approximate surface area is 205 Å². The molecule has 1 aliphatic carbocycles. The van der Waals surface area contributed by atoms with Crippen LogP contribution in [0.25, 0.3) is 0 Å². The Morgan fingerprint density at radius 3 is 1.18 bits per heavy atom. The molecule has 184 valence electrons. The zero-order valence-corrected chi connectivity index (χ0v) is 21.6. The van der Waals surface area contributed by atoms with E-state index in [2.05, 4.69) is 41.5 Å². The molecule has 0 spiro atoms. The second kappa shape index (κ2) is 10.8. The minimum atomic E-state index is -0.256. The third kappa shape index (κ3) is 7.19.